The largest absolute Gasteiger partial charge is 0.495 e. The molecule has 0 saturated heterocycles. The average Bonchev–Trinajstić information content (AvgIpc) is 3.08. The molecule has 0 saturated carbocycles. The molecule has 0 aliphatic heterocycles. The zero-order chi connectivity index (χ0) is 35.7. The van der Waals surface area contributed by atoms with E-state index in [9.17, 15) is 28.1 Å². The number of benzene rings is 4. The first-order chi connectivity index (χ1) is 23.3. The number of hydrogen-bond donors (Lipinski definition) is 1. The molecule has 0 aliphatic rings. The Hall–Kier alpha value is -4.65. The Kier molecular flexibility index (Phi) is 12.6. The number of carbonyl (C=O) groups excluding carboxylic acids is 2. The molecular weight excluding hydrogens is 691 g/mol. The summed E-state index contributed by atoms with van der Waals surface area (Å²) in [5.41, 5.74) is 1.19. The van der Waals surface area contributed by atoms with E-state index in [1.54, 1.807) is 24.3 Å². The monoisotopic (exact) mass is 726 g/mol. The van der Waals surface area contributed by atoms with Gasteiger partial charge < -0.3 is 15.0 Å². The molecule has 2 amide bonds. The Labute approximate surface area is 295 Å². The lowest BCUT2D eigenvalue weighted by atomic mass is 10.0. The Morgan fingerprint density at radius 1 is 0.939 bits per heavy atom. The number of halogens is 2. The van der Waals surface area contributed by atoms with Crippen molar-refractivity contribution in [2.45, 2.75) is 44.2 Å². The van der Waals surface area contributed by atoms with Crippen molar-refractivity contribution in [2.75, 3.05) is 24.5 Å². The fourth-order valence-electron chi connectivity index (χ4n) is 5.15. The number of nitro groups is 1. The number of ether oxygens (including phenoxy) is 1. The van der Waals surface area contributed by atoms with Crippen LogP contribution in [-0.4, -0.2) is 56.3 Å². The number of anilines is 1. The van der Waals surface area contributed by atoms with E-state index in [0.717, 1.165) is 15.9 Å². The molecule has 4 aromatic carbocycles. The Balaban J connectivity index is 1.88. The summed E-state index contributed by atoms with van der Waals surface area (Å²) in [7, 11) is -3.35. The van der Waals surface area contributed by atoms with Crippen LogP contribution in [0.1, 0.15) is 30.0 Å². The number of nitrogens with one attached hydrogen (secondary N) is 1. The highest BCUT2D eigenvalue weighted by Crippen LogP contribution is 2.36. The van der Waals surface area contributed by atoms with Crippen LogP contribution in [0, 0.1) is 17.0 Å². The Morgan fingerprint density at radius 3 is 2.24 bits per heavy atom. The molecule has 49 heavy (non-hydrogen) atoms. The third-order valence-corrected chi connectivity index (χ3v) is 9.98. The predicted octanol–water partition coefficient (Wildman–Crippen LogP) is 6.58. The highest BCUT2D eigenvalue weighted by Gasteiger charge is 2.36. The topological polar surface area (TPSA) is 139 Å². The van der Waals surface area contributed by atoms with Gasteiger partial charge >= 0.3 is 0 Å². The van der Waals surface area contributed by atoms with Gasteiger partial charge in [0.2, 0.25) is 11.8 Å². The molecule has 1 N–H and O–H groups in total. The van der Waals surface area contributed by atoms with Crippen molar-refractivity contribution >= 4 is 56.4 Å². The number of rotatable bonds is 15. The summed E-state index contributed by atoms with van der Waals surface area (Å²) in [6, 6.07) is 22.6. The van der Waals surface area contributed by atoms with E-state index >= 15 is 0 Å². The van der Waals surface area contributed by atoms with Crippen molar-refractivity contribution in [3.05, 3.63) is 128 Å². The van der Waals surface area contributed by atoms with E-state index < -0.39 is 49.9 Å². The van der Waals surface area contributed by atoms with Crippen molar-refractivity contribution in [1.82, 2.24) is 10.2 Å². The number of nitro benzene ring substituents is 1. The molecule has 0 spiro atoms. The number of carbonyl (C=O) groups is 2. The second-order valence-corrected chi connectivity index (χ2v) is 13.9. The molecule has 0 aliphatic carbocycles. The van der Waals surface area contributed by atoms with Crippen molar-refractivity contribution in [3.8, 4) is 5.75 Å². The molecule has 0 fully saturated rings. The molecule has 11 nitrogen and oxygen atoms in total. The van der Waals surface area contributed by atoms with Gasteiger partial charge in [-0.1, -0.05) is 78.7 Å². The Bertz CT molecular complexity index is 1910. The first-order valence-electron chi connectivity index (χ1n) is 15.3. The molecule has 0 heterocycles. The Morgan fingerprint density at radius 2 is 1.61 bits per heavy atom. The summed E-state index contributed by atoms with van der Waals surface area (Å²) in [4.78, 5) is 40.4. The van der Waals surface area contributed by atoms with Crippen LogP contribution in [0.15, 0.2) is 95.9 Å². The summed E-state index contributed by atoms with van der Waals surface area (Å²) in [5.74, 6) is -1.07. The van der Waals surface area contributed by atoms with Crippen LogP contribution in [0.4, 0.5) is 11.4 Å². The van der Waals surface area contributed by atoms with Gasteiger partial charge in [0, 0.05) is 41.2 Å². The van der Waals surface area contributed by atoms with E-state index in [-0.39, 0.29) is 35.0 Å². The third-order valence-electron chi connectivity index (χ3n) is 7.74. The van der Waals surface area contributed by atoms with Crippen LogP contribution in [0.5, 0.6) is 5.75 Å². The van der Waals surface area contributed by atoms with Crippen molar-refractivity contribution in [1.29, 1.82) is 0 Å². The smallest absolute Gasteiger partial charge is 0.273 e. The fourth-order valence-corrected chi connectivity index (χ4v) is 6.88. The third kappa shape index (κ3) is 9.28. The summed E-state index contributed by atoms with van der Waals surface area (Å²) < 4.78 is 35.1. The maximum atomic E-state index is 14.6. The van der Waals surface area contributed by atoms with Crippen molar-refractivity contribution < 1.29 is 27.7 Å². The van der Waals surface area contributed by atoms with Crippen LogP contribution < -0.4 is 14.4 Å². The highest BCUT2D eigenvalue weighted by molar-refractivity contribution is 7.92. The van der Waals surface area contributed by atoms with Crippen LogP contribution in [0.2, 0.25) is 10.0 Å². The molecule has 0 radical (unpaired) electrons. The fraction of sp³-hybridized carbons (Fsp3) is 0.257. The van der Waals surface area contributed by atoms with Crippen molar-refractivity contribution in [3.63, 3.8) is 0 Å². The zero-order valence-electron chi connectivity index (χ0n) is 27.1. The minimum atomic E-state index is -4.68. The molecule has 1 atom stereocenters. The average molecular weight is 728 g/mol. The maximum Gasteiger partial charge on any atom is 0.273 e. The quantitative estimate of drug-likeness (QED) is 0.108. The maximum absolute atomic E-state index is 14.6. The zero-order valence-corrected chi connectivity index (χ0v) is 29.5. The normalized spacial score (nSPS) is 11.8. The first-order valence-corrected chi connectivity index (χ1v) is 17.5. The number of nitrogens with zero attached hydrogens (tertiary/aromatic N) is 3. The number of amides is 2. The highest BCUT2D eigenvalue weighted by atomic mass is 35.5. The number of aryl methyl sites for hydroxylation is 1. The van der Waals surface area contributed by atoms with Gasteiger partial charge in [0.25, 0.3) is 15.7 Å². The summed E-state index contributed by atoms with van der Waals surface area (Å²) in [6.07, 6.45) is 0.783. The lowest BCUT2D eigenvalue weighted by Crippen LogP contribution is -2.53. The number of hydrogen-bond acceptors (Lipinski definition) is 7. The van der Waals surface area contributed by atoms with Gasteiger partial charge in [-0.05, 0) is 60.9 Å². The minimum absolute atomic E-state index is 0.0659. The molecule has 4 aromatic rings. The SMILES string of the molecule is CCCNC(=O)[C@@H](Cc1ccccc1)N(Cc1ccc(Cl)cc1)C(=O)CN(c1cc(Cl)ccc1OC)S(=O)(=O)c1ccc(C)c([N+](=O)[O-])c1. The van der Waals surface area contributed by atoms with Gasteiger partial charge in [0.1, 0.15) is 18.3 Å². The van der Waals surface area contributed by atoms with Crippen molar-refractivity contribution in [2.24, 2.45) is 0 Å². The summed E-state index contributed by atoms with van der Waals surface area (Å²) in [6.45, 7) is 2.88. The molecule has 4 rings (SSSR count). The van der Waals surface area contributed by atoms with Gasteiger partial charge in [-0.25, -0.2) is 8.42 Å². The second-order valence-electron chi connectivity index (χ2n) is 11.2. The standard InChI is InChI=1S/C35H36Cl2N4O7S/c1-4-18-38-35(43)32(19-25-8-6-5-7-9-25)39(22-26-11-13-27(36)14-12-26)34(42)23-40(31-20-28(37)15-17-33(31)48-3)49(46,47)29-16-10-24(2)30(21-29)41(44)45/h5-17,20-21,32H,4,18-19,22-23H2,1-3H3,(H,38,43)/t32-/m1/s1. The molecule has 0 unspecified atom stereocenters. The lowest BCUT2D eigenvalue weighted by molar-refractivity contribution is -0.385. The van der Waals surface area contributed by atoms with Crippen LogP contribution >= 0.6 is 23.2 Å². The minimum Gasteiger partial charge on any atom is -0.495 e. The van der Waals surface area contributed by atoms with E-state index in [1.807, 2.05) is 37.3 Å². The molecule has 258 valence electrons. The lowest BCUT2D eigenvalue weighted by Gasteiger charge is -2.34. The number of methoxy groups -OCH3 is 1. The van der Waals surface area contributed by atoms with Gasteiger partial charge in [0.05, 0.1) is 22.6 Å². The van der Waals surface area contributed by atoms with Gasteiger partial charge in [-0.3, -0.25) is 24.0 Å². The van der Waals surface area contributed by atoms with Crippen LogP contribution in [0.25, 0.3) is 0 Å². The summed E-state index contributed by atoms with van der Waals surface area (Å²) in [5, 5.41) is 15.3. The van der Waals surface area contributed by atoms with E-state index in [2.05, 4.69) is 5.32 Å². The molecular formula is C35H36Cl2N4O7S. The van der Waals surface area contributed by atoms with Crippen LogP contribution in [-0.2, 0) is 32.6 Å². The predicted molar refractivity (Wildman–Crippen MR) is 190 cm³/mol. The van der Waals surface area contributed by atoms with E-state index in [1.165, 1.54) is 49.3 Å². The molecule has 0 aromatic heterocycles. The number of sulfonamides is 1. The van der Waals surface area contributed by atoms with Crippen LogP contribution in [0.3, 0.4) is 0 Å². The van der Waals surface area contributed by atoms with Gasteiger partial charge in [-0.2, -0.15) is 0 Å². The first kappa shape index (κ1) is 37.2. The van der Waals surface area contributed by atoms with Gasteiger partial charge in [-0.15, -0.1) is 0 Å². The van der Waals surface area contributed by atoms with E-state index in [0.29, 0.717) is 23.6 Å². The van der Waals surface area contributed by atoms with E-state index in [4.69, 9.17) is 27.9 Å². The van der Waals surface area contributed by atoms with Gasteiger partial charge in [0.15, 0.2) is 0 Å². The summed E-state index contributed by atoms with van der Waals surface area (Å²) >= 11 is 12.5. The molecule has 14 heteroatoms. The molecule has 0 bridgehead atoms. The second kappa shape index (κ2) is 16.6.